The summed E-state index contributed by atoms with van der Waals surface area (Å²) in [5.41, 5.74) is 2.51. The molecule has 0 fully saturated rings. The van der Waals surface area contributed by atoms with Gasteiger partial charge in [0.05, 0.1) is 11.4 Å². The number of nitrogens with one attached hydrogen (secondary N) is 2. The SMILES string of the molecule is CNCCCC(=O)NCCCN1c2ccccc2Sc2ccccc21.Cl. The number of carbonyl (C=O) groups is 1. The maximum absolute atomic E-state index is 11.8. The molecule has 0 spiro atoms. The van der Waals surface area contributed by atoms with Gasteiger partial charge in [0.2, 0.25) is 5.91 Å². The molecule has 2 N–H and O–H groups in total. The van der Waals surface area contributed by atoms with Gasteiger partial charge >= 0.3 is 0 Å². The monoisotopic (exact) mass is 391 g/mol. The molecule has 1 heterocycles. The van der Waals surface area contributed by atoms with Gasteiger partial charge in [-0.2, -0.15) is 0 Å². The number of hydrogen-bond acceptors (Lipinski definition) is 4. The van der Waals surface area contributed by atoms with Crippen LogP contribution in [-0.4, -0.2) is 32.6 Å². The van der Waals surface area contributed by atoms with E-state index in [0.29, 0.717) is 13.0 Å². The van der Waals surface area contributed by atoms with Gasteiger partial charge in [0, 0.05) is 29.3 Å². The van der Waals surface area contributed by atoms with Crippen LogP contribution in [0.4, 0.5) is 11.4 Å². The summed E-state index contributed by atoms with van der Waals surface area (Å²) in [6, 6.07) is 17.0. The van der Waals surface area contributed by atoms with Gasteiger partial charge in [0.15, 0.2) is 0 Å². The van der Waals surface area contributed by atoms with Crippen LogP contribution in [0, 0.1) is 0 Å². The van der Waals surface area contributed by atoms with Gasteiger partial charge < -0.3 is 15.5 Å². The predicted octanol–water partition coefficient (Wildman–Crippen LogP) is 4.22. The van der Waals surface area contributed by atoms with E-state index in [0.717, 1.165) is 25.9 Å². The third-order valence-corrected chi connectivity index (χ3v) is 5.37. The lowest BCUT2D eigenvalue weighted by Crippen LogP contribution is -2.29. The van der Waals surface area contributed by atoms with Crippen LogP contribution in [0.25, 0.3) is 0 Å². The van der Waals surface area contributed by atoms with Crippen molar-refractivity contribution in [3.63, 3.8) is 0 Å². The lowest BCUT2D eigenvalue weighted by atomic mass is 10.2. The quantitative estimate of drug-likeness (QED) is 0.661. The van der Waals surface area contributed by atoms with Crippen molar-refractivity contribution >= 4 is 41.5 Å². The van der Waals surface area contributed by atoms with Crippen LogP contribution in [-0.2, 0) is 4.79 Å². The molecule has 140 valence electrons. The first-order valence-corrected chi connectivity index (χ1v) is 9.66. The Morgan fingerprint density at radius 2 is 1.58 bits per heavy atom. The van der Waals surface area contributed by atoms with E-state index in [1.165, 1.54) is 21.2 Å². The molecule has 0 saturated carbocycles. The maximum atomic E-state index is 11.8. The minimum atomic E-state index is 0. The number of para-hydroxylation sites is 2. The Bertz CT molecular complexity index is 680. The zero-order chi connectivity index (χ0) is 17.5. The van der Waals surface area contributed by atoms with Crippen LogP contribution >= 0.6 is 24.2 Å². The largest absolute Gasteiger partial charge is 0.356 e. The molecule has 0 saturated heterocycles. The predicted molar refractivity (Wildman–Crippen MR) is 112 cm³/mol. The molecular weight excluding hydrogens is 366 g/mol. The zero-order valence-corrected chi connectivity index (χ0v) is 16.7. The lowest BCUT2D eigenvalue weighted by Gasteiger charge is -2.32. The van der Waals surface area contributed by atoms with Crippen molar-refractivity contribution in [3.05, 3.63) is 48.5 Å². The molecule has 26 heavy (non-hydrogen) atoms. The Morgan fingerprint density at radius 1 is 0.962 bits per heavy atom. The smallest absolute Gasteiger partial charge is 0.220 e. The number of nitrogens with zero attached hydrogens (tertiary/aromatic N) is 1. The van der Waals surface area contributed by atoms with Gasteiger partial charge in [0.25, 0.3) is 0 Å². The van der Waals surface area contributed by atoms with E-state index in [-0.39, 0.29) is 18.3 Å². The lowest BCUT2D eigenvalue weighted by molar-refractivity contribution is -0.121. The normalized spacial score (nSPS) is 12.0. The highest BCUT2D eigenvalue weighted by molar-refractivity contribution is 7.99. The van der Waals surface area contributed by atoms with Crippen LogP contribution in [0.2, 0.25) is 0 Å². The summed E-state index contributed by atoms with van der Waals surface area (Å²) in [4.78, 5) is 16.8. The van der Waals surface area contributed by atoms with Gasteiger partial charge in [-0.15, -0.1) is 12.4 Å². The van der Waals surface area contributed by atoms with Crippen LogP contribution in [0.1, 0.15) is 19.3 Å². The van der Waals surface area contributed by atoms with Crippen LogP contribution in [0.3, 0.4) is 0 Å². The van der Waals surface area contributed by atoms with Gasteiger partial charge in [-0.25, -0.2) is 0 Å². The standard InChI is InChI=1S/C20H25N3OS.ClH/c1-21-13-6-12-20(24)22-14-7-15-23-16-8-2-4-10-18(16)25-19-11-5-3-9-17(19)23;/h2-5,8-11,21H,6-7,12-15H2,1H3,(H,22,24);1H. The Hall–Kier alpha value is -1.69. The Balaban J connectivity index is 0.00000243. The molecule has 0 aliphatic carbocycles. The van der Waals surface area contributed by atoms with Gasteiger partial charge in [0.1, 0.15) is 0 Å². The first-order valence-electron chi connectivity index (χ1n) is 8.84. The molecule has 2 aromatic carbocycles. The fraction of sp³-hybridized carbons (Fsp3) is 0.350. The minimum absolute atomic E-state index is 0. The van der Waals surface area contributed by atoms with E-state index in [1.807, 2.05) is 18.8 Å². The number of hydrogen-bond donors (Lipinski definition) is 2. The second kappa shape index (κ2) is 10.5. The maximum Gasteiger partial charge on any atom is 0.220 e. The second-order valence-electron chi connectivity index (χ2n) is 6.10. The molecule has 4 nitrogen and oxygen atoms in total. The highest BCUT2D eigenvalue weighted by Gasteiger charge is 2.22. The molecule has 0 radical (unpaired) electrons. The number of fused-ring (bicyclic) bond motifs is 2. The van der Waals surface area contributed by atoms with E-state index in [9.17, 15) is 4.79 Å². The highest BCUT2D eigenvalue weighted by Crippen LogP contribution is 2.47. The molecule has 0 bridgehead atoms. The number of anilines is 2. The number of amides is 1. The zero-order valence-electron chi connectivity index (χ0n) is 15.0. The molecule has 1 aliphatic rings. The molecule has 6 heteroatoms. The number of carbonyl (C=O) groups excluding carboxylic acids is 1. The number of rotatable bonds is 8. The van der Waals surface area contributed by atoms with E-state index in [1.54, 1.807) is 0 Å². The van der Waals surface area contributed by atoms with Crippen molar-refractivity contribution < 1.29 is 4.79 Å². The van der Waals surface area contributed by atoms with Crippen molar-refractivity contribution in [1.29, 1.82) is 0 Å². The van der Waals surface area contributed by atoms with Crippen LogP contribution < -0.4 is 15.5 Å². The first kappa shape index (κ1) is 20.6. The molecule has 1 aliphatic heterocycles. The average molecular weight is 392 g/mol. The average Bonchev–Trinajstić information content (AvgIpc) is 2.64. The molecule has 2 aromatic rings. The third kappa shape index (κ3) is 5.16. The number of benzene rings is 2. The molecule has 0 aromatic heterocycles. The van der Waals surface area contributed by atoms with Crippen LogP contribution in [0.15, 0.2) is 58.3 Å². The van der Waals surface area contributed by atoms with Crippen molar-refractivity contribution in [2.24, 2.45) is 0 Å². The highest BCUT2D eigenvalue weighted by atomic mass is 35.5. The summed E-state index contributed by atoms with van der Waals surface area (Å²) in [7, 11) is 1.91. The summed E-state index contributed by atoms with van der Waals surface area (Å²) < 4.78 is 0. The minimum Gasteiger partial charge on any atom is -0.356 e. The van der Waals surface area contributed by atoms with Gasteiger partial charge in [-0.05, 0) is 50.7 Å². The summed E-state index contributed by atoms with van der Waals surface area (Å²) in [5.74, 6) is 0.144. The molecule has 1 amide bonds. The van der Waals surface area contributed by atoms with Crippen molar-refractivity contribution in [1.82, 2.24) is 10.6 Å². The molecule has 0 atom stereocenters. The van der Waals surface area contributed by atoms with E-state index < -0.39 is 0 Å². The summed E-state index contributed by atoms with van der Waals surface area (Å²) in [6.45, 7) is 2.49. The summed E-state index contributed by atoms with van der Waals surface area (Å²) in [5, 5.41) is 6.09. The summed E-state index contributed by atoms with van der Waals surface area (Å²) in [6.07, 6.45) is 2.39. The van der Waals surface area contributed by atoms with Gasteiger partial charge in [-0.3, -0.25) is 4.79 Å². The third-order valence-electron chi connectivity index (χ3n) is 4.24. The fourth-order valence-electron chi connectivity index (χ4n) is 3.00. The Kier molecular flexibility index (Phi) is 8.29. The van der Waals surface area contributed by atoms with Crippen LogP contribution in [0.5, 0.6) is 0 Å². The fourth-order valence-corrected chi connectivity index (χ4v) is 4.10. The molecule has 3 rings (SSSR count). The van der Waals surface area contributed by atoms with E-state index in [4.69, 9.17) is 0 Å². The van der Waals surface area contributed by atoms with Crippen molar-refractivity contribution in [2.75, 3.05) is 31.6 Å². The van der Waals surface area contributed by atoms with E-state index in [2.05, 4.69) is 64.1 Å². The second-order valence-corrected chi connectivity index (χ2v) is 7.18. The topological polar surface area (TPSA) is 44.4 Å². The van der Waals surface area contributed by atoms with Gasteiger partial charge in [-0.1, -0.05) is 36.0 Å². The van der Waals surface area contributed by atoms with E-state index >= 15 is 0 Å². The van der Waals surface area contributed by atoms with Crippen molar-refractivity contribution in [2.45, 2.75) is 29.1 Å². The Morgan fingerprint density at radius 3 is 2.19 bits per heavy atom. The Labute approximate surface area is 166 Å². The molecule has 0 unspecified atom stereocenters. The number of halogens is 1. The molecular formula is C20H26ClN3OS. The first-order chi connectivity index (χ1) is 12.3. The van der Waals surface area contributed by atoms with Crippen molar-refractivity contribution in [3.8, 4) is 0 Å². The summed E-state index contributed by atoms with van der Waals surface area (Å²) >= 11 is 1.82.